The Hall–Kier alpha value is -5.18. The summed E-state index contributed by atoms with van der Waals surface area (Å²) >= 11 is 3.62. The number of hydrogen-bond donors (Lipinski definition) is 0. The Morgan fingerprint density at radius 1 is 0.348 bits per heavy atom. The molecule has 2 radical (unpaired) electrons. The Balaban J connectivity index is 1.45. The van der Waals surface area contributed by atoms with Gasteiger partial charge in [0.05, 0.1) is 0 Å². The smallest absolute Gasteiger partial charge is 0.0966 e. The molecule has 0 aromatic heterocycles. The van der Waals surface area contributed by atoms with Crippen molar-refractivity contribution in [2.24, 2.45) is 0 Å². The minimum Gasteiger partial charge on any atom is -0.0966 e. The Morgan fingerprint density at radius 3 is 1.59 bits per heavy atom. The van der Waals surface area contributed by atoms with Gasteiger partial charge in [0, 0.05) is 4.47 Å². The number of rotatable bonds is 4. The molecule has 0 saturated carbocycles. The normalized spacial score (nSPS) is 11.7. The minimum absolute atomic E-state index is 0.770. The van der Waals surface area contributed by atoms with Crippen LogP contribution in [0.15, 0.2) is 162 Å². The van der Waals surface area contributed by atoms with E-state index < -0.39 is 0 Å². The van der Waals surface area contributed by atoms with Gasteiger partial charge < -0.3 is 0 Å². The van der Waals surface area contributed by atoms with Crippen molar-refractivity contribution < 1.29 is 0 Å². The molecule has 9 rings (SSSR count). The van der Waals surface area contributed by atoms with Crippen LogP contribution >= 0.6 is 15.9 Å². The van der Waals surface area contributed by atoms with E-state index in [0.717, 1.165) is 15.5 Å². The topological polar surface area (TPSA) is 0 Å². The summed E-state index contributed by atoms with van der Waals surface area (Å²) < 4.78 is 1.08. The van der Waals surface area contributed by atoms with Crippen LogP contribution < -0.4 is 5.46 Å². The van der Waals surface area contributed by atoms with Crippen LogP contribution in [0.1, 0.15) is 0 Å². The molecule has 0 saturated heterocycles. The molecule has 0 amide bonds. The fourth-order valence-corrected chi connectivity index (χ4v) is 7.66. The van der Waals surface area contributed by atoms with Gasteiger partial charge in [0.1, 0.15) is 7.85 Å². The van der Waals surface area contributed by atoms with Crippen LogP contribution in [0.5, 0.6) is 0 Å². The van der Waals surface area contributed by atoms with Gasteiger partial charge in [0.2, 0.25) is 0 Å². The fraction of sp³-hybridized carbons (Fsp3) is 0. The molecule has 0 unspecified atom stereocenters. The van der Waals surface area contributed by atoms with E-state index in [2.05, 4.69) is 162 Å². The van der Waals surface area contributed by atoms with Crippen LogP contribution in [-0.2, 0) is 0 Å². The van der Waals surface area contributed by atoms with E-state index in [1.807, 2.05) is 12.1 Å². The standard InChI is InChI=1S/C44H26BBr/c45-32-19-14-27(15-20-32)31-18-23-36-39(26-31)41(30-10-5-2-6-11-30)43-37-13-7-12-35-34(28-16-21-33(46)22-17-28)24-25-38(42(35)37)44(43)40(36)29-8-3-1-4-9-29/h1-26H. The maximum atomic E-state index is 6.07. The molecule has 46 heavy (non-hydrogen) atoms. The van der Waals surface area contributed by atoms with E-state index in [1.54, 1.807) is 0 Å². The summed E-state index contributed by atoms with van der Waals surface area (Å²) in [6.07, 6.45) is 0. The zero-order chi connectivity index (χ0) is 30.8. The molecule has 2 heteroatoms. The van der Waals surface area contributed by atoms with Gasteiger partial charge in [-0.25, -0.2) is 0 Å². The lowest BCUT2D eigenvalue weighted by Gasteiger charge is -2.21. The highest BCUT2D eigenvalue weighted by molar-refractivity contribution is 9.10. The molecule has 0 spiro atoms. The molecule has 0 bridgehead atoms. The van der Waals surface area contributed by atoms with Crippen LogP contribution in [0.4, 0.5) is 0 Å². The van der Waals surface area contributed by atoms with E-state index in [9.17, 15) is 0 Å². The summed E-state index contributed by atoms with van der Waals surface area (Å²) in [4.78, 5) is 0. The van der Waals surface area contributed by atoms with Crippen molar-refractivity contribution in [2.45, 2.75) is 0 Å². The van der Waals surface area contributed by atoms with Gasteiger partial charge in [-0.1, -0.05) is 161 Å². The fourth-order valence-electron chi connectivity index (χ4n) is 7.40. The average molecular weight is 645 g/mol. The lowest BCUT2D eigenvalue weighted by molar-refractivity contribution is 1.61. The molecule has 0 atom stereocenters. The summed E-state index contributed by atoms with van der Waals surface area (Å²) in [5.41, 5.74) is 15.8. The SMILES string of the molecule is [B]c1ccc(-c2ccc3c(-c4ccccc4)c4c(c(-c5ccccc5)c3c2)-c2cccc3c(-c5ccc(Br)cc5)ccc-4c23)cc1. The third kappa shape index (κ3) is 4.21. The van der Waals surface area contributed by atoms with Crippen LogP contribution in [-0.4, -0.2) is 7.85 Å². The predicted octanol–water partition coefficient (Wildman–Crippen LogP) is 11.9. The first-order chi connectivity index (χ1) is 22.7. The quantitative estimate of drug-likeness (QED) is 0.167. The van der Waals surface area contributed by atoms with Crippen molar-refractivity contribution in [3.8, 4) is 66.8 Å². The second-order valence-corrected chi connectivity index (χ2v) is 12.9. The molecule has 8 aromatic carbocycles. The first-order valence-electron chi connectivity index (χ1n) is 15.6. The van der Waals surface area contributed by atoms with Crippen molar-refractivity contribution in [3.05, 3.63) is 162 Å². The Morgan fingerprint density at radius 2 is 0.913 bits per heavy atom. The largest absolute Gasteiger partial charge is 0.113 e. The molecule has 0 fully saturated rings. The van der Waals surface area contributed by atoms with Gasteiger partial charge in [0.25, 0.3) is 0 Å². The van der Waals surface area contributed by atoms with Crippen molar-refractivity contribution >= 4 is 50.8 Å². The summed E-state index contributed by atoms with van der Waals surface area (Å²) in [6.45, 7) is 0. The first kappa shape index (κ1) is 27.2. The molecule has 0 aliphatic heterocycles. The first-order valence-corrected chi connectivity index (χ1v) is 16.4. The number of hydrogen-bond acceptors (Lipinski definition) is 0. The summed E-state index contributed by atoms with van der Waals surface area (Å²) in [6, 6.07) is 57.1. The molecule has 1 aliphatic carbocycles. The Kier molecular flexibility index (Phi) is 6.33. The molecule has 0 nitrogen and oxygen atoms in total. The third-order valence-corrected chi connectivity index (χ3v) is 9.94. The summed E-state index contributed by atoms with van der Waals surface area (Å²) in [5.74, 6) is 0. The number of benzene rings is 8. The van der Waals surface area contributed by atoms with E-state index in [1.165, 1.54) is 82.7 Å². The van der Waals surface area contributed by atoms with Crippen molar-refractivity contribution in [2.75, 3.05) is 0 Å². The van der Waals surface area contributed by atoms with Crippen molar-refractivity contribution in [1.29, 1.82) is 0 Å². The summed E-state index contributed by atoms with van der Waals surface area (Å²) in [5, 5.41) is 5.09. The van der Waals surface area contributed by atoms with Gasteiger partial charge in [-0.05, 0) is 107 Å². The van der Waals surface area contributed by atoms with E-state index in [-0.39, 0.29) is 0 Å². The Bertz CT molecular complexity index is 2440. The van der Waals surface area contributed by atoms with E-state index in [4.69, 9.17) is 7.85 Å². The molecule has 8 aromatic rings. The maximum absolute atomic E-state index is 6.07. The van der Waals surface area contributed by atoms with E-state index in [0.29, 0.717) is 0 Å². The maximum Gasteiger partial charge on any atom is 0.113 e. The highest BCUT2D eigenvalue weighted by Crippen LogP contribution is 2.58. The minimum atomic E-state index is 0.770. The number of halogens is 1. The van der Waals surface area contributed by atoms with Crippen molar-refractivity contribution in [3.63, 3.8) is 0 Å². The zero-order valence-electron chi connectivity index (χ0n) is 25.0. The second kappa shape index (κ2) is 10.7. The van der Waals surface area contributed by atoms with Crippen molar-refractivity contribution in [1.82, 2.24) is 0 Å². The number of fused-ring (bicyclic) bond motifs is 4. The predicted molar refractivity (Wildman–Crippen MR) is 201 cm³/mol. The van der Waals surface area contributed by atoms with Gasteiger partial charge >= 0.3 is 0 Å². The van der Waals surface area contributed by atoms with E-state index >= 15 is 0 Å². The van der Waals surface area contributed by atoms with Crippen LogP contribution in [0.3, 0.4) is 0 Å². The second-order valence-electron chi connectivity index (χ2n) is 12.0. The highest BCUT2D eigenvalue weighted by atomic mass is 79.9. The van der Waals surface area contributed by atoms with Gasteiger partial charge in [0.15, 0.2) is 0 Å². The molecular formula is C44H26BBr. The summed E-state index contributed by atoms with van der Waals surface area (Å²) in [7, 11) is 6.07. The van der Waals surface area contributed by atoms with Crippen LogP contribution in [0.25, 0.3) is 88.3 Å². The molecule has 0 heterocycles. The van der Waals surface area contributed by atoms with Gasteiger partial charge in [-0.2, -0.15) is 0 Å². The molecular weight excluding hydrogens is 619 g/mol. The highest BCUT2D eigenvalue weighted by Gasteiger charge is 2.31. The molecule has 1 aliphatic rings. The van der Waals surface area contributed by atoms with Crippen LogP contribution in [0.2, 0.25) is 0 Å². The van der Waals surface area contributed by atoms with Gasteiger partial charge in [-0.15, -0.1) is 0 Å². The van der Waals surface area contributed by atoms with Gasteiger partial charge in [-0.3, -0.25) is 0 Å². The molecule has 212 valence electrons. The lowest BCUT2D eigenvalue weighted by Crippen LogP contribution is -1.99. The molecule has 0 N–H and O–H groups in total. The third-order valence-electron chi connectivity index (χ3n) is 9.41. The monoisotopic (exact) mass is 644 g/mol. The zero-order valence-corrected chi connectivity index (χ0v) is 26.6. The average Bonchev–Trinajstić information content (AvgIpc) is 3.43. The lowest BCUT2D eigenvalue weighted by atomic mass is 9.81. The van der Waals surface area contributed by atoms with Crippen LogP contribution in [0, 0.1) is 0 Å². The Labute approximate surface area is 278 Å².